The summed E-state index contributed by atoms with van der Waals surface area (Å²) >= 11 is 0. The summed E-state index contributed by atoms with van der Waals surface area (Å²) in [5, 5.41) is 2.74. The van der Waals surface area contributed by atoms with Crippen molar-refractivity contribution in [3.05, 3.63) is 71.8 Å². The smallest absolute Gasteiger partial charge is 0.278 e. The van der Waals surface area contributed by atoms with Crippen molar-refractivity contribution in [2.24, 2.45) is 10.7 Å². The molecule has 1 aromatic carbocycles. The first kappa shape index (κ1) is 18.6. The van der Waals surface area contributed by atoms with Gasteiger partial charge in [-0.3, -0.25) is 9.79 Å². The molecule has 8 nitrogen and oxygen atoms in total. The third-order valence-electron chi connectivity index (χ3n) is 4.80. The van der Waals surface area contributed by atoms with Gasteiger partial charge in [0.1, 0.15) is 17.1 Å². The van der Waals surface area contributed by atoms with Crippen molar-refractivity contribution in [1.29, 1.82) is 0 Å². The number of hydrogen-bond acceptors (Lipinski definition) is 6. The molecule has 148 valence electrons. The number of nitrogens with two attached hydrogens (primary N) is 1. The zero-order valence-corrected chi connectivity index (χ0v) is 15.9. The topological polar surface area (TPSA) is 107 Å². The molecule has 0 spiro atoms. The van der Waals surface area contributed by atoms with Gasteiger partial charge in [-0.25, -0.2) is 14.4 Å². The van der Waals surface area contributed by atoms with Crippen LogP contribution in [0.3, 0.4) is 0 Å². The molecule has 0 bridgehead atoms. The summed E-state index contributed by atoms with van der Waals surface area (Å²) in [6.45, 7) is 2.15. The van der Waals surface area contributed by atoms with Gasteiger partial charge in [0.15, 0.2) is 17.4 Å². The molecule has 0 saturated carbocycles. The summed E-state index contributed by atoms with van der Waals surface area (Å²) in [7, 11) is 1.46. The highest BCUT2D eigenvalue weighted by Crippen LogP contribution is 2.34. The Labute approximate surface area is 166 Å². The molecule has 0 fully saturated rings. The van der Waals surface area contributed by atoms with E-state index in [1.807, 2.05) is 4.57 Å². The van der Waals surface area contributed by atoms with Crippen LogP contribution in [0.2, 0.25) is 0 Å². The van der Waals surface area contributed by atoms with Crippen molar-refractivity contribution in [3.8, 4) is 5.75 Å². The third kappa shape index (κ3) is 3.31. The van der Waals surface area contributed by atoms with Crippen LogP contribution in [0.1, 0.15) is 28.8 Å². The number of nitrogens with zero attached hydrogens (tertiary/aromatic N) is 4. The van der Waals surface area contributed by atoms with E-state index in [0.717, 1.165) is 0 Å². The fourth-order valence-electron chi connectivity index (χ4n) is 3.43. The number of carbonyl (C=O) groups is 1. The summed E-state index contributed by atoms with van der Waals surface area (Å²) in [6, 6.07) is 7.64. The number of nitrogens with one attached hydrogen (secondary N) is 1. The molecule has 1 atom stereocenters. The fraction of sp³-hybridized carbons (Fsp3) is 0.200. The number of carbonyl (C=O) groups excluding carboxylic acids is 1. The Bertz CT molecular complexity index is 1130. The zero-order chi connectivity index (χ0) is 20.6. The highest BCUT2D eigenvalue weighted by molar-refractivity contribution is 6.04. The first-order valence-corrected chi connectivity index (χ1v) is 8.88. The molecule has 1 amide bonds. The lowest BCUT2D eigenvalue weighted by molar-refractivity contribution is 0.101. The van der Waals surface area contributed by atoms with Crippen LogP contribution in [0.25, 0.3) is 0 Å². The minimum atomic E-state index is -0.953. The second kappa shape index (κ2) is 7.01. The van der Waals surface area contributed by atoms with Crippen molar-refractivity contribution < 1.29 is 13.9 Å². The Morgan fingerprint density at radius 3 is 2.93 bits per heavy atom. The molecule has 0 saturated heterocycles. The van der Waals surface area contributed by atoms with Crippen LogP contribution < -0.4 is 15.8 Å². The maximum absolute atomic E-state index is 14.7. The summed E-state index contributed by atoms with van der Waals surface area (Å²) in [6.07, 6.45) is 4.89. The van der Waals surface area contributed by atoms with E-state index in [2.05, 4.69) is 20.3 Å². The summed E-state index contributed by atoms with van der Waals surface area (Å²) in [4.78, 5) is 25.3. The van der Waals surface area contributed by atoms with E-state index in [9.17, 15) is 9.18 Å². The van der Waals surface area contributed by atoms with E-state index >= 15 is 0 Å². The Kier molecular flexibility index (Phi) is 4.50. The van der Waals surface area contributed by atoms with Gasteiger partial charge in [0, 0.05) is 29.8 Å². The molecule has 0 aliphatic carbocycles. The minimum absolute atomic E-state index is 0.134. The zero-order valence-electron chi connectivity index (χ0n) is 15.9. The van der Waals surface area contributed by atoms with Gasteiger partial charge >= 0.3 is 0 Å². The Morgan fingerprint density at radius 2 is 2.14 bits per heavy atom. The van der Waals surface area contributed by atoms with E-state index in [1.165, 1.54) is 25.4 Å². The van der Waals surface area contributed by atoms with Crippen molar-refractivity contribution in [3.63, 3.8) is 0 Å². The van der Waals surface area contributed by atoms with E-state index in [4.69, 9.17) is 10.5 Å². The highest BCUT2D eigenvalue weighted by atomic mass is 19.1. The van der Waals surface area contributed by atoms with E-state index in [-0.39, 0.29) is 11.5 Å². The number of hydrogen-bond donors (Lipinski definition) is 2. The first-order valence-electron chi connectivity index (χ1n) is 8.88. The number of ether oxygens (including phenoxy) is 1. The predicted molar refractivity (Wildman–Crippen MR) is 105 cm³/mol. The van der Waals surface area contributed by atoms with E-state index in [1.54, 1.807) is 37.5 Å². The number of benzene rings is 1. The van der Waals surface area contributed by atoms with Gasteiger partial charge in [0.05, 0.1) is 13.7 Å². The molecule has 3 heterocycles. The Morgan fingerprint density at radius 1 is 1.31 bits per heavy atom. The number of imidazole rings is 1. The molecule has 29 heavy (non-hydrogen) atoms. The standard InChI is InChI=1S/C20H19FN6O2/c1-20(11-27-9-8-24-18(27)17(22)26-20)13-10-12(5-6-14(13)21)25-19(28)16-15(29-2)4-3-7-23-16/h3-10H,11H2,1-2H3,(H2,22,26)(H,25,28). The average molecular weight is 394 g/mol. The van der Waals surface area contributed by atoms with Crippen LogP contribution in [0.4, 0.5) is 10.1 Å². The van der Waals surface area contributed by atoms with Gasteiger partial charge in [-0.1, -0.05) is 0 Å². The van der Waals surface area contributed by atoms with E-state index < -0.39 is 17.3 Å². The number of halogens is 1. The normalized spacial score (nSPS) is 18.0. The average Bonchev–Trinajstić information content (AvgIpc) is 3.17. The Balaban J connectivity index is 1.67. The minimum Gasteiger partial charge on any atom is -0.494 e. The van der Waals surface area contributed by atoms with Crippen LogP contribution in [0.15, 0.2) is 53.9 Å². The van der Waals surface area contributed by atoms with Crippen LogP contribution >= 0.6 is 0 Å². The van der Waals surface area contributed by atoms with Crippen molar-refractivity contribution in [2.45, 2.75) is 19.0 Å². The van der Waals surface area contributed by atoms with Crippen LogP contribution in [0, 0.1) is 5.82 Å². The first-order chi connectivity index (χ1) is 13.9. The monoisotopic (exact) mass is 394 g/mol. The van der Waals surface area contributed by atoms with Gasteiger partial charge in [0.25, 0.3) is 5.91 Å². The van der Waals surface area contributed by atoms with Gasteiger partial charge in [-0.05, 0) is 37.3 Å². The van der Waals surface area contributed by atoms with Gasteiger partial charge in [0.2, 0.25) is 0 Å². The maximum atomic E-state index is 14.7. The quantitative estimate of drug-likeness (QED) is 0.706. The number of anilines is 1. The van der Waals surface area contributed by atoms with Crippen molar-refractivity contribution in [1.82, 2.24) is 14.5 Å². The molecule has 2 aromatic heterocycles. The molecule has 1 unspecified atom stereocenters. The summed E-state index contributed by atoms with van der Waals surface area (Å²) in [5.74, 6) is 0.219. The number of pyridine rings is 1. The predicted octanol–water partition coefficient (Wildman–Crippen LogP) is 2.31. The van der Waals surface area contributed by atoms with Gasteiger partial charge in [-0.15, -0.1) is 0 Å². The number of aliphatic imine (C=N–C) groups is 1. The molecular formula is C20H19FN6O2. The van der Waals surface area contributed by atoms with Crippen LogP contribution in [-0.4, -0.2) is 33.4 Å². The van der Waals surface area contributed by atoms with Crippen molar-refractivity contribution >= 4 is 17.4 Å². The number of rotatable bonds is 4. The summed E-state index contributed by atoms with van der Waals surface area (Å²) < 4.78 is 21.7. The lowest BCUT2D eigenvalue weighted by Gasteiger charge is -2.31. The molecule has 1 aliphatic rings. The number of aromatic nitrogens is 3. The fourth-order valence-corrected chi connectivity index (χ4v) is 3.43. The number of amidine groups is 1. The van der Waals surface area contributed by atoms with Gasteiger partial charge < -0.3 is 20.4 Å². The van der Waals surface area contributed by atoms with Crippen LogP contribution in [0.5, 0.6) is 5.75 Å². The second-order valence-corrected chi connectivity index (χ2v) is 6.85. The number of methoxy groups -OCH3 is 1. The number of amides is 1. The molecular weight excluding hydrogens is 375 g/mol. The maximum Gasteiger partial charge on any atom is 0.278 e. The third-order valence-corrected chi connectivity index (χ3v) is 4.80. The molecule has 0 radical (unpaired) electrons. The molecule has 1 aliphatic heterocycles. The van der Waals surface area contributed by atoms with Crippen LogP contribution in [-0.2, 0) is 12.1 Å². The second-order valence-electron chi connectivity index (χ2n) is 6.85. The SMILES string of the molecule is COc1cccnc1C(=O)Nc1ccc(F)c(C2(C)Cn3ccnc3C(N)=N2)c1. The summed E-state index contributed by atoms with van der Waals surface area (Å²) in [5.41, 5.74) is 5.93. The lowest BCUT2D eigenvalue weighted by Crippen LogP contribution is -2.37. The highest BCUT2D eigenvalue weighted by Gasteiger charge is 2.35. The number of fused-ring (bicyclic) bond motifs is 1. The molecule has 3 N–H and O–H groups in total. The Hall–Kier alpha value is -3.75. The largest absolute Gasteiger partial charge is 0.494 e. The van der Waals surface area contributed by atoms with E-state index in [0.29, 0.717) is 29.4 Å². The van der Waals surface area contributed by atoms with Crippen molar-refractivity contribution in [2.75, 3.05) is 12.4 Å². The molecule has 3 aromatic rings. The van der Waals surface area contributed by atoms with Gasteiger partial charge in [-0.2, -0.15) is 0 Å². The molecule has 9 heteroatoms. The molecule has 4 rings (SSSR count). The lowest BCUT2D eigenvalue weighted by atomic mass is 9.90.